The van der Waals surface area contributed by atoms with Gasteiger partial charge in [-0.25, -0.2) is 0 Å². The van der Waals surface area contributed by atoms with Crippen LogP contribution in [0.25, 0.3) is 0 Å². The lowest BCUT2D eigenvalue weighted by Crippen LogP contribution is -2.60. The van der Waals surface area contributed by atoms with Gasteiger partial charge in [-0.1, -0.05) is 0 Å². The van der Waals surface area contributed by atoms with Crippen LogP contribution in [0.3, 0.4) is 0 Å². The average molecular weight is 577 g/mol. The van der Waals surface area contributed by atoms with E-state index in [1.807, 2.05) is 0 Å². The van der Waals surface area contributed by atoms with Gasteiger partial charge in [0.2, 0.25) is 0 Å². The number of phenols is 2. The predicted molar refractivity (Wildman–Crippen MR) is 134 cm³/mol. The number of carboxylic acid groups (broad SMARTS) is 1. The maximum Gasteiger partial charge on any atom is 0.306 e. The molecule has 0 amide bonds. The van der Waals surface area contributed by atoms with Crippen molar-refractivity contribution in [3.63, 3.8) is 0 Å². The highest BCUT2D eigenvalue weighted by molar-refractivity contribution is 6.30. The summed E-state index contributed by atoms with van der Waals surface area (Å²) >= 11 is 0. The van der Waals surface area contributed by atoms with E-state index in [0.717, 1.165) is 0 Å². The first kappa shape index (κ1) is 28.2. The normalized spacial score (nSPS) is 39.8. The maximum absolute atomic E-state index is 13.8. The van der Waals surface area contributed by atoms with Crippen molar-refractivity contribution in [1.29, 1.82) is 0 Å². The SMILES string of the molecule is CC1OC(CC(=O)O)C(O)C2=C1C(=O)c1c(O)c3c(c(O)c1C2=O)C1CC(OC2CCC(O)C(C)O2)C3(O)C(C)O1. The van der Waals surface area contributed by atoms with Crippen LogP contribution in [0.1, 0.15) is 84.4 Å². The van der Waals surface area contributed by atoms with Gasteiger partial charge in [-0.3, -0.25) is 14.4 Å². The second-order valence-corrected chi connectivity index (χ2v) is 11.4. The fraction of sp³-hybridized carbons (Fsp3) is 0.607. The number of hydrogen-bond acceptors (Lipinski definition) is 12. The van der Waals surface area contributed by atoms with Crippen molar-refractivity contribution < 1.29 is 64.0 Å². The first-order chi connectivity index (χ1) is 19.3. The molecule has 222 valence electrons. The van der Waals surface area contributed by atoms with Crippen molar-refractivity contribution in [2.45, 2.75) is 107 Å². The van der Waals surface area contributed by atoms with Gasteiger partial charge in [0.25, 0.3) is 0 Å². The largest absolute Gasteiger partial charge is 0.507 e. The molecule has 2 aliphatic carbocycles. The first-order valence-corrected chi connectivity index (χ1v) is 13.6. The summed E-state index contributed by atoms with van der Waals surface area (Å²) in [6, 6.07) is 0. The van der Waals surface area contributed by atoms with Crippen LogP contribution in [0.4, 0.5) is 0 Å². The molecule has 13 nitrogen and oxygen atoms in total. The number of carbonyl (C=O) groups excluding carboxylic acids is 2. The zero-order valence-electron chi connectivity index (χ0n) is 22.6. The number of fused-ring (bicyclic) bond motifs is 3. The highest BCUT2D eigenvalue weighted by Crippen LogP contribution is 2.60. The molecule has 1 aromatic rings. The third kappa shape index (κ3) is 3.91. The standard InChI is InChI=1S/C28H32O13/c1-8-11(29)4-5-16(39-8)41-14-6-12-18-22(28(14,37)10(3)40-12)27(36)21-20(25(18)34)26(35)19-17(24(21)33)9(2)38-13(23(19)32)7-15(30)31/h8-14,16,23,29,32,34,36-37H,4-7H2,1-3H3,(H,30,31). The number of hydrogen-bond donors (Lipinski definition) is 6. The third-order valence-corrected chi connectivity index (χ3v) is 9.08. The van der Waals surface area contributed by atoms with E-state index >= 15 is 0 Å². The van der Waals surface area contributed by atoms with Gasteiger partial charge in [0.05, 0.1) is 60.3 Å². The van der Waals surface area contributed by atoms with Crippen molar-refractivity contribution in [3.8, 4) is 11.5 Å². The zero-order valence-corrected chi connectivity index (χ0v) is 22.6. The number of phenolic OH excluding ortho intramolecular Hbond substituents is 2. The molecule has 1 aromatic carbocycles. The second kappa shape index (κ2) is 9.56. The van der Waals surface area contributed by atoms with Crippen LogP contribution in [0.15, 0.2) is 11.1 Å². The van der Waals surface area contributed by atoms with Crippen LogP contribution < -0.4 is 0 Å². The lowest BCUT2D eigenvalue weighted by atomic mass is 9.66. The molecule has 41 heavy (non-hydrogen) atoms. The van der Waals surface area contributed by atoms with Gasteiger partial charge in [0.1, 0.15) is 23.2 Å². The van der Waals surface area contributed by atoms with E-state index in [2.05, 4.69) is 0 Å². The quantitative estimate of drug-likeness (QED) is 0.273. The molecule has 2 bridgehead atoms. The Morgan fingerprint density at radius 1 is 0.976 bits per heavy atom. The van der Waals surface area contributed by atoms with E-state index in [-0.39, 0.29) is 23.1 Å². The molecule has 0 saturated carbocycles. The molecule has 2 fully saturated rings. The molecule has 13 heteroatoms. The van der Waals surface area contributed by atoms with E-state index in [4.69, 9.17) is 18.9 Å². The van der Waals surface area contributed by atoms with Crippen LogP contribution in [0.5, 0.6) is 11.5 Å². The summed E-state index contributed by atoms with van der Waals surface area (Å²) in [6.07, 6.45) is -8.93. The molecule has 0 radical (unpaired) electrons. The smallest absolute Gasteiger partial charge is 0.306 e. The highest BCUT2D eigenvalue weighted by atomic mass is 16.7. The second-order valence-electron chi connectivity index (χ2n) is 11.4. The van der Waals surface area contributed by atoms with Crippen LogP contribution in [-0.4, -0.2) is 97.2 Å². The Balaban J connectivity index is 1.46. The van der Waals surface area contributed by atoms with Crippen molar-refractivity contribution in [3.05, 3.63) is 33.4 Å². The molecule has 2 saturated heterocycles. The number of carbonyl (C=O) groups is 3. The number of Topliss-reactive ketones (excluding diaryl/α,β-unsaturated/α-hetero) is 2. The maximum atomic E-state index is 13.8. The monoisotopic (exact) mass is 576 g/mol. The molecule has 6 aliphatic rings. The van der Waals surface area contributed by atoms with E-state index in [1.165, 1.54) is 6.92 Å². The molecule has 7 rings (SSSR count). The number of rotatable bonds is 4. The van der Waals surface area contributed by atoms with Gasteiger partial charge in [-0.05, 0) is 27.2 Å². The zero-order chi connectivity index (χ0) is 29.7. The fourth-order valence-corrected chi connectivity index (χ4v) is 7.01. The van der Waals surface area contributed by atoms with Crippen LogP contribution >= 0.6 is 0 Å². The Bertz CT molecular complexity index is 1380. The van der Waals surface area contributed by atoms with Crippen molar-refractivity contribution in [2.75, 3.05) is 0 Å². The van der Waals surface area contributed by atoms with E-state index in [0.29, 0.717) is 12.8 Å². The summed E-state index contributed by atoms with van der Waals surface area (Å²) in [6.45, 7) is 4.67. The van der Waals surface area contributed by atoms with Gasteiger partial charge in [0.15, 0.2) is 17.9 Å². The summed E-state index contributed by atoms with van der Waals surface area (Å²) in [4.78, 5) is 38.9. The average Bonchev–Trinajstić information content (AvgIpc) is 2.89. The molecule has 0 spiro atoms. The number of aliphatic hydroxyl groups is 3. The number of benzene rings is 1. The number of aliphatic hydroxyl groups excluding tert-OH is 2. The Morgan fingerprint density at radius 2 is 1.63 bits per heavy atom. The van der Waals surface area contributed by atoms with Gasteiger partial charge < -0.3 is 49.6 Å². The molecule has 4 heterocycles. The lowest BCUT2D eigenvalue weighted by Gasteiger charge is -2.54. The molecular weight excluding hydrogens is 544 g/mol. The van der Waals surface area contributed by atoms with E-state index < -0.39 is 113 Å². The van der Waals surface area contributed by atoms with Gasteiger partial charge in [0, 0.05) is 35.1 Å². The summed E-state index contributed by atoms with van der Waals surface area (Å²) in [5, 5.41) is 65.2. The Kier molecular flexibility index (Phi) is 6.58. The Labute approximate surface area is 233 Å². The molecule has 10 unspecified atom stereocenters. The van der Waals surface area contributed by atoms with Crippen LogP contribution in [-0.2, 0) is 29.3 Å². The molecule has 6 N–H and O–H groups in total. The Hall–Kier alpha value is -2.91. The van der Waals surface area contributed by atoms with Gasteiger partial charge in [-0.15, -0.1) is 0 Å². The number of aliphatic carboxylic acids is 1. The summed E-state index contributed by atoms with van der Waals surface area (Å²) in [5.41, 5.74) is -4.12. The summed E-state index contributed by atoms with van der Waals surface area (Å²) < 4.78 is 23.4. The van der Waals surface area contributed by atoms with E-state index in [9.17, 15) is 45.0 Å². The minimum absolute atomic E-state index is 0.0146. The number of carboxylic acids is 1. The summed E-state index contributed by atoms with van der Waals surface area (Å²) in [5.74, 6) is -4.55. The fourth-order valence-electron chi connectivity index (χ4n) is 7.01. The number of aromatic hydroxyl groups is 2. The minimum atomic E-state index is -2.07. The van der Waals surface area contributed by atoms with Crippen LogP contribution in [0, 0.1) is 0 Å². The predicted octanol–water partition coefficient (Wildman–Crippen LogP) is 0.719. The number of ether oxygens (including phenoxy) is 4. The van der Waals surface area contributed by atoms with E-state index in [1.54, 1.807) is 13.8 Å². The lowest BCUT2D eigenvalue weighted by molar-refractivity contribution is -0.311. The van der Waals surface area contributed by atoms with Crippen LogP contribution in [0.2, 0.25) is 0 Å². The van der Waals surface area contributed by atoms with Gasteiger partial charge >= 0.3 is 5.97 Å². The third-order valence-electron chi connectivity index (χ3n) is 9.08. The highest BCUT2D eigenvalue weighted by Gasteiger charge is 2.61. The topological polar surface area (TPSA) is 210 Å². The minimum Gasteiger partial charge on any atom is -0.507 e. The Morgan fingerprint density at radius 3 is 2.29 bits per heavy atom. The summed E-state index contributed by atoms with van der Waals surface area (Å²) in [7, 11) is 0. The number of ketones is 2. The molecular formula is C28H32O13. The molecule has 4 aliphatic heterocycles. The van der Waals surface area contributed by atoms with Crippen molar-refractivity contribution >= 4 is 17.5 Å². The molecule has 0 aromatic heterocycles. The first-order valence-electron chi connectivity index (χ1n) is 13.6. The molecule has 10 atom stereocenters. The van der Waals surface area contributed by atoms with Crippen molar-refractivity contribution in [1.82, 2.24) is 0 Å². The van der Waals surface area contributed by atoms with Gasteiger partial charge in [-0.2, -0.15) is 0 Å². The van der Waals surface area contributed by atoms with Crippen molar-refractivity contribution in [2.24, 2.45) is 0 Å².